The van der Waals surface area contributed by atoms with Crippen molar-refractivity contribution < 1.29 is 9.90 Å². The number of aryl methyl sites for hydroxylation is 1. The monoisotopic (exact) mass is 358 g/mol. The fourth-order valence-electron chi connectivity index (χ4n) is 2.99. The molecule has 2 aromatic rings. The number of hydrogen-bond donors (Lipinski definition) is 1. The molecular weight excluding hydrogens is 336 g/mol. The molecular formula is C18H22N4O2S. The molecule has 1 N–H and O–H groups in total. The Labute approximate surface area is 151 Å². The molecule has 1 saturated carbocycles. The van der Waals surface area contributed by atoms with Crippen LogP contribution in [0.25, 0.3) is 0 Å². The van der Waals surface area contributed by atoms with Gasteiger partial charge < -0.3 is 5.11 Å². The summed E-state index contributed by atoms with van der Waals surface area (Å²) in [4.78, 5) is 10.9. The normalized spacial score (nSPS) is 15.7. The second-order valence-electron chi connectivity index (χ2n) is 6.33. The van der Waals surface area contributed by atoms with Crippen molar-refractivity contribution in [3.8, 4) is 0 Å². The van der Waals surface area contributed by atoms with Crippen molar-refractivity contribution in [2.24, 2.45) is 5.10 Å². The van der Waals surface area contributed by atoms with Gasteiger partial charge in [0.2, 0.25) is 5.16 Å². The van der Waals surface area contributed by atoms with Gasteiger partial charge in [0.05, 0.1) is 12.0 Å². The van der Waals surface area contributed by atoms with Crippen LogP contribution < -0.4 is 0 Å². The van der Waals surface area contributed by atoms with Crippen LogP contribution in [0.15, 0.2) is 34.5 Å². The number of carboxylic acids is 1. The third-order valence-electron chi connectivity index (χ3n) is 4.33. The zero-order chi connectivity index (χ0) is 17.6. The minimum Gasteiger partial charge on any atom is -0.481 e. The highest BCUT2D eigenvalue weighted by molar-refractivity contribution is 7.99. The molecule has 1 aliphatic rings. The van der Waals surface area contributed by atoms with Gasteiger partial charge in [0.25, 0.3) is 0 Å². The van der Waals surface area contributed by atoms with Crippen molar-refractivity contribution in [3.05, 3.63) is 41.2 Å². The van der Waals surface area contributed by atoms with Crippen molar-refractivity contribution in [2.45, 2.75) is 50.1 Å². The Morgan fingerprint density at radius 2 is 2.00 bits per heavy atom. The predicted octanol–water partition coefficient (Wildman–Crippen LogP) is 3.69. The van der Waals surface area contributed by atoms with E-state index in [9.17, 15) is 4.79 Å². The van der Waals surface area contributed by atoms with Crippen LogP contribution in [-0.2, 0) is 4.79 Å². The first-order valence-corrected chi connectivity index (χ1v) is 9.53. The molecule has 6 nitrogen and oxygen atoms in total. The van der Waals surface area contributed by atoms with E-state index in [1.165, 1.54) is 24.8 Å². The molecule has 3 rings (SSSR count). The summed E-state index contributed by atoms with van der Waals surface area (Å²) in [5.41, 5.74) is 2.19. The Morgan fingerprint density at radius 1 is 1.28 bits per heavy atom. The summed E-state index contributed by atoms with van der Waals surface area (Å²) in [5.74, 6) is 0.260. The van der Waals surface area contributed by atoms with E-state index in [4.69, 9.17) is 5.11 Å². The summed E-state index contributed by atoms with van der Waals surface area (Å²) < 4.78 is 1.73. The lowest BCUT2D eigenvalue weighted by atomic mass is 9.89. The van der Waals surface area contributed by atoms with Crippen molar-refractivity contribution in [1.29, 1.82) is 0 Å². The van der Waals surface area contributed by atoms with Gasteiger partial charge in [-0.1, -0.05) is 60.9 Å². The lowest BCUT2D eigenvalue weighted by Gasteiger charge is -2.20. The summed E-state index contributed by atoms with van der Waals surface area (Å²) in [7, 11) is 0. The first-order chi connectivity index (χ1) is 12.1. The van der Waals surface area contributed by atoms with E-state index in [0.717, 1.165) is 36.0 Å². The van der Waals surface area contributed by atoms with Gasteiger partial charge in [-0.2, -0.15) is 9.78 Å². The molecule has 0 amide bonds. The highest BCUT2D eigenvalue weighted by atomic mass is 32.2. The zero-order valence-electron chi connectivity index (χ0n) is 14.3. The number of carboxylic acid groups (broad SMARTS) is 1. The van der Waals surface area contributed by atoms with Crippen LogP contribution in [0.4, 0.5) is 0 Å². The van der Waals surface area contributed by atoms with E-state index < -0.39 is 5.97 Å². The number of hydrogen-bond acceptors (Lipinski definition) is 5. The molecule has 1 heterocycles. The van der Waals surface area contributed by atoms with E-state index in [2.05, 4.69) is 15.3 Å². The summed E-state index contributed by atoms with van der Waals surface area (Å²) in [6, 6.07) is 8.09. The fraction of sp³-hybridized carbons (Fsp3) is 0.444. The van der Waals surface area contributed by atoms with Gasteiger partial charge in [-0.15, -0.1) is 10.2 Å². The van der Waals surface area contributed by atoms with Gasteiger partial charge in [0, 0.05) is 5.92 Å². The average molecular weight is 358 g/mol. The lowest BCUT2D eigenvalue weighted by molar-refractivity contribution is -0.133. The highest BCUT2D eigenvalue weighted by Crippen LogP contribution is 2.33. The predicted molar refractivity (Wildman–Crippen MR) is 98.4 cm³/mol. The Balaban J connectivity index is 1.87. The van der Waals surface area contributed by atoms with Crippen molar-refractivity contribution in [2.75, 3.05) is 5.75 Å². The zero-order valence-corrected chi connectivity index (χ0v) is 15.1. The van der Waals surface area contributed by atoms with Crippen molar-refractivity contribution in [3.63, 3.8) is 0 Å². The van der Waals surface area contributed by atoms with Crippen molar-refractivity contribution >= 4 is 23.9 Å². The van der Waals surface area contributed by atoms with E-state index in [-0.39, 0.29) is 5.75 Å². The van der Waals surface area contributed by atoms with Gasteiger partial charge in [0.15, 0.2) is 5.82 Å². The quantitative estimate of drug-likeness (QED) is 0.629. The maximum Gasteiger partial charge on any atom is 0.313 e. The number of thioether (sulfide) groups is 1. The third-order valence-corrected chi connectivity index (χ3v) is 5.23. The smallest absolute Gasteiger partial charge is 0.313 e. The van der Waals surface area contributed by atoms with Crippen molar-refractivity contribution in [1.82, 2.24) is 14.9 Å². The number of aliphatic carboxylic acids is 1. The molecule has 0 atom stereocenters. The van der Waals surface area contributed by atoms with Crippen LogP contribution in [0.3, 0.4) is 0 Å². The Morgan fingerprint density at radius 3 is 2.68 bits per heavy atom. The van der Waals surface area contributed by atoms with Crippen LogP contribution in [0.2, 0.25) is 0 Å². The molecule has 7 heteroatoms. The first-order valence-electron chi connectivity index (χ1n) is 8.54. The topological polar surface area (TPSA) is 80.4 Å². The molecule has 0 unspecified atom stereocenters. The molecule has 1 aromatic heterocycles. The molecule has 0 radical (unpaired) electrons. The number of benzene rings is 1. The molecule has 132 valence electrons. The molecule has 0 bridgehead atoms. The summed E-state index contributed by atoms with van der Waals surface area (Å²) in [6.07, 6.45) is 7.59. The maximum absolute atomic E-state index is 10.9. The van der Waals surface area contributed by atoms with Crippen LogP contribution in [-0.4, -0.2) is 37.9 Å². The SMILES string of the molecule is Cc1ccc(/C=N\n2c(SCC(=O)O)nnc2C2CCCCC2)cc1. The fourth-order valence-corrected chi connectivity index (χ4v) is 3.61. The number of nitrogens with zero attached hydrogens (tertiary/aromatic N) is 4. The minimum atomic E-state index is -0.874. The highest BCUT2D eigenvalue weighted by Gasteiger charge is 2.23. The van der Waals surface area contributed by atoms with Gasteiger partial charge in [-0.05, 0) is 25.3 Å². The molecule has 25 heavy (non-hydrogen) atoms. The molecule has 1 fully saturated rings. The molecule has 0 aliphatic heterocycles. The second-order valence-corrected chi connectivity index (χ2v) is 7.27. The van der Waals surface area contributed by atoms with Gasteiger partial charge in [-0.3, -0.25) is 4.79 Å². The Bertz CT molecular complexity index is 749. The maximum atomic E-state index is 10.9. The van der Waals surface area contributed by atoms with E-state index in [0.29, 0.717) is 11.1 Å². The van der Waals surface area contributed by atoms with Crippen LogP contribution in [0.5, 0.6) is 0 Å². The summed E-state index contributed by atoms with van der Waals surface area (Å²) in [6.45, 7) is 2.04. The molecule has 1 aromatic carbocycles. The van der Waals surface area contributed by atoms with Crippen LogP contribution in [0.1, 0.15) is 55.0 Å². The molecule has 0 spiro atoms. The molecule has 1 aliphatic carbocycles. The number of aromatic nitrogens is 3. The van der Waals surface area contributed by atoms with E-state index in [1.807, 2.05) is 31.2 Å². The molecule has 0 saturated heterocycles. The Hall–Kier alpha value is -2.15. The Kier molecular flexibility index (Phi) is 5.86. The standard InChI is InChI=1S/C18H22N4O2S/c1-13-7-9-14(10-8-13)11-19-22-17(15-5-3-2-4-6-15)20-21-18(22)25-12-16(23)24/h7-11,15H,2-6,12H2,1H3,(H,23,24)/b19-11-. The van der Waals surface area contributed by atoms with Crippen LogP contribution >= 0.6 is 11.8 Å². The minimum absolute atomic E-state index is 0.0527. The van der Waals surface area contributed by atoms with Crippen LogP contribution in [0, 0.1) is 6.92 Å². The van der Waals surface area contributed by atoms with E-state index in [1.54, 1.807) is 10.9 Å². The summed E-state index contributed by atoms with van der Waals surface area (Å²) in [5, 5.41) is 22.6. The lowest BCUT2D eigenvalue weighted by Crippen LogP contribution is -2.11. The first kappa shape index (κ1) is 17.7. The average Bonchev–Trinajstić information content (AvgIpc) is 3.03. The van der Waals surface area contributed by atoms with Gasteiger partial charge in [0.1, 0.15) is 0 Å². The second kappa shape index (κ2) is 8.29. The third kappa shape index (κ3) is 4.69. The van der Waals surface area contributed by atoms with Gasteiger partial charge in [-0.25, -0.2) is 0 Å². The number of rotatable bonds is 6. The van der Waals surface area contributed by atoms with E-state index >= 15 is 0 Å². The largest absolute Gasteiger partial charge is 0.481 e. The number of carbonyl (C=O) groups is 1. The summed E-state index contributed by atoms with van der Waals surface area (Å²) >= 11 is 1.15. The van der Waals surface area contributed by atoms with Gasteiger partial charge >= 0.3 is 5.97 Å².